The zero-order valence-corrected chi connectivity index (χ0v) is 22.6. The van der Waals surface area contributed by atoms with Crippen molar-refractivity contribution in [3.05, 3.63) is 75.4 Å². The van der Waals surface area contributed by atoms with Gasteiger partial charge in [0.2, 0.25) is 0 Å². The van der Waals surface area contributed by atoms with Crippen LogP contribution in [-0.4, -0.2) is 26.5 Å². The molecule has 1 saturated carbocycles. The van der Waals surface area contributed by atoms with Gasteiger partial charge in [0.05, 0.1) is 23.8 Å². The molecule has 5 heteroatoms. The quantitative estimate of drug-likeness (QED) is 0.379. The molecule has 0 bridgehead atoms. The van der Waals surface area contributed by atoms with Crippen LogP contribution in [0.3, 0.4) is 0 Å². The smallest absolute Gasteiger partial charge is 0.124 e. The monoisotopic (exact) mass is 505 g/mol. The summed E-state index contributed by atoms with van der Waals surface area (Å²) >= 11 is 0. The maximum absolute atomic E-state index is 5.09. The van der Waals surface area contributed by atoms with Gasteiger partial charge in [-0.2, -0.15) is 0 Å². The molecule has 1 spiro atoms. The Morgan fingerprint density at radius 2 is 1.76 bits per heavy atom. The summed E-state index contributed by atoms with van der Waals surface area (Å²) in [6.45, 7) is 3.55. The third kappa shape index (κ3) is 3.77. The minimum atomic E-state index is 0.397. The number of hydrogen-bond acceptors (Lipinski definition) is 3. The Bertz CT molecular complexity index is 1450. The van der Waals surface area contributed by atoms with Gasteiger partial charge in [-0.3, -0.25) is 0 Å². The van der Waals surface area contributed by atoms with Crippen LogP contribution in [-0.2, 0) is 32.1 Å². The molecule has 4 aliphatic carbocycles. The molecule has 5 aliphatic rings. The Labute approximate surface area is 225 Å². The van der Waals surface area contributed by atoms with Gasteiger partial charge in [-0.1, -0.05) is 38.0 Å². The highest BCUT2D eigenvalue weighted by atomic mass is 15.0. The van der Waals surface area contributed by atoms with E-state index in [1.54, 1.807) is 11.1 Å². The lowest BCUT2D eigenvalue weighted by Gasteiger charge is -2.36. The Hall–Kier alpha value is -2.92. The number of allylic oxidation sites excluding steroid dienone is 3. The van der Waals surface area contributed by atoms with E-state index in [0.717, 1.165) is 44.0 Å². The Morgan fingerprint density at radius 3 is 2.55 bits per heavy atom. The lowest BCUT2D eigenvalue weighted by molar-refractivity contribution is 0.167. The van der Waals surface area contributed by atoms with Crippen LogP contribution in [0.5, 0.6) is 0 Å². The number of nitrogens with zero attached hydrogens (tertiary/aromatic N) is 2. The second kappa shape index (κ2) is 8.81. The van der Waals surface area contributed by atoms with Gasteiger partial charge in [0.25, 0.3) is 0 Å². The molecule has 2 fully saturated rings. The van der Waals surface area contributed by atoms with Crippen LogP contribution in [0.1, 0.15) is 109 Å². The first-order valence-corrected chi connectivity index (χ1v) is 15.0. The van der Waals surface area contributed by atoms with E-state index in [0.29, 0.717) is 11.5 Å². The standard InChI is InChI=1S/C33H39N5/c1-20-10-12-33(13-11-20)17-25-23(21-4-8-27-30(15-21)36-19-35-27)6-7-24(26(25)18-33)22-5-9-28-31(16-22)38-32(37-28)29-3-2-14-34-29/h4,6-7,16,19-20,29,34H,2-3,5,8-15,17-18H2,1H3,(H,35,36)(H,37,38). The Kier molecular flexibility index (Phi) is 5.33. The van der Waals surface area contributed by atoms with Crippen LogP contribution in [0.2, 0.25) is 0 Å². The molecule has 38 heavy (non-hydrogen) atoms. The number of nitrogens with one attached hydrogen (secondary N) is 3. The van der Waals surface area contributed by atoms with E-state index in [4.69, 9.17) is 4.98 Å². The van der Waals surface area contributed by atoms with Crippen molar-refractivity contribution in [2.45, 2.75) is 90.0 Å². The molecule has 3 heterocycles. The van der Waals surface area contributed by atoms with E-state index in [1.165, 1.54) is 96.4 Å². The average molecular weight is 506 g/mol. The van der Waals surface area contributed by atoms with Gasteiger partial charge in [0, 0.05) is 24.2 Å². The van der Waals surface area contributed by atoms with Crippen molar-refractivity contribution in [1.82, 2.24) is 25.3 Å². The normalized spacial score (nSPS) is 28.1. The average Bonchev–Trinajstić information content (AvgIpc) is 3.74. The minimum absolute atomic E-state index is 0.397. The molecule has 1 atom stereocenters. The molecule has 0 radical (unpaired) electrons. The summed E-state index contributed by atoms with van der Waals surface area (Å²) < 4.78 is 0. The summed E-state index contributed by atoms with van der Waals surface area (Å²) in [6, 6.07) is 5.32. The zero-order valence-electron chi connectivity index (χ0n) is 22.6. The summed E-state index contributed by atoms with van der Waals surface area (Å²) in [6.07, 6.45) is 21.3. The topological polar surface area (TPSA) is 69.4 Å². The van der Waals surface area contributed by atoms with Crippen LogP contribution >= 0.6 is 0 Å². The summed E-state index contributed by atoms with van der Waals surface area (Å²) in [5.41, 5.74) is 14.8. The van der Waals surface area contributed by atoms with Gasteiger partial charge in [0.1, 0.15) is 5.82 Å². The predicted octanol–water partition coefficient (Wildman–Crippen LogP) is 6.52. The van der Waals surface area contributed by atoms with E-state index in [-0.39, 0.29) is 0 Å². The molecule has 1 aromatic carbocycles. The SMILES string of the molecule is CC1CCC2(CC1)Cc1c(C3=Cc4nc(C5CCCN5)[nH]c4CC3)ccc(C3=CCc4nc[nH]c4C3)c1C2. The van der Waals surface area contributed by atoms with Crippen molar-refractivity contribution in [3.63, 3.8) is 0 Å². The molecule has 3 N–H and O–H groups in total. The number of aromatic nitrogens is 4. The van der Waals surface area contributed by atoms with Gasteiger partial charge in [0.15, 0.2) is 0 Å². The molecule has 3 aromatic rings. The number of rotatable bonds is 3. The van der Waals surface area contributed by atoms with Gasteiger partial charge >= 0.3 is 0 Å². The summed E-state index contributed by atoms with van der Waals surface area (Å²) in [5.74, 6) is 2.02. The number of fused-ring (bicyclic) bond motifs is 3. The molecule has 1 saturated heterocycles. The fourth-order valence-electron chi connectivity index (χ4n) is 8.15. The van der Waals surface area contributed by atoms with Crippen LogP contribution in [0.25, 0.3) is 17.2 Å². The highest BCUT2D eigenvalue weighted by molar-refractivity contribution is 5.86. The van der Waals surface area contributed by atoms with Crippen molar-refractivity contribution < 1.29 is 0 Å². The van der Waals surface area contributed by atoms with Gasteiger partial charge in [-0.15, -0.1) is 0 Å². The van der Waals surface area contributed by atoms with Crippen LogP contribution in [0.4, 0.5) is 0 Å². The molecular weight excluding hydrogens is 466 g/mol. The van der Waals surface area contributed by atoms with Crippen LogP contribution in [0, 0.1) is 11.3 Å². The zero-order chi connectivity index (χ0) is 25.3. The van der Waals surface area contributed by atoms with Crippen molar-refractivity contribution in [2.75, 3.05) is 6.54 Å². The molecular formula is C33H39N5. The van der Waals surface area contributed by atoms with Crippen LogP contribution in [0.15, 0.2) is 24.5 Å². The highest BCUT2D eigenvalue weighted by Gasteiger charge is 2.42. The van der Waals surface area contributed by atoms with Crippen LogP contribution < -0.4 is 5.32 Å². The van der Waals surface area contributed by atoms with Crippen molar-refractivity contribution in [3.8, 4) is 0 Å². The first-order valence-electron chi connectivity index (χ1n) is 15.0. The van der Waals surface area contributed by atoms with E-state index >= 15 is 0 Å². The first kappa shape index (κ1) is 23.0. The number of imidazole rings is 2. The predicted molar refractivity (Wildman–Crippen MR) is 153 cm³/mol. The molecule has 5 nitrogen and oxygen atoms in total. The summed E-state index contributed by atoms with van der Waals surface area (Å²) in [7, 11) is 0. The lowest BCUT2D eigenvalue weighted by atomic mass is 9.69. The van der Waals surface area contributed by atoms with E-state index in [1.807, 2.05) is 6.33 Å². The fraction of sp³-hybridized carbons (Fsp3) is 0.515. The van der Waals surface area contributed by atoms with Crippen molar-refractivity contribution in [2.24, 2.45) is 11.3 Å². The molecule has 0 amide bonds. The second-order valence-electron chi connectivity index (χ2n) is 12.9. The van der Waals surface area contributed by atoms with Gasteiger partial charge in [-0.25, -0.2) is 9.97 Å². The number of benzene rings is 1. The molecule has 1 aliphatic heterocycles. The van der Waals surface area contributed by atoms with Crippen molar-refractivity contribution in [1.29, 1.82) is 0 Å². The minimum Gasteiger partial charge on any atom is -0.348 e. The summed E-state index contributed by atoms with van der Waals surface area (Å²) in [5, 5.41) is 3.61. The van der Waals surface area contributed by atoms with E-state index in [9.17, 15) is 0 Å². The molecule has 196 valence electrons. The molecule has 8 rings (SSSR count). The second-order valence-corrected chi connectivity index (χ2v) is 12.9. The third-order valence-corrected chi connectivity index (χ3v) is 10.5. The van der Waals surface area contributed by atoms with Crippen molar-refractivity contribution >= 4 is 17.2 Å². The fourth-order valence-corrected chi connectivity index (χ4v) is 8.15. The third-order valence-electron chi connectivity index (χ3n) is 10.5. The number of H-pyrrole nitrogens is 2. The first-order chi connectivity index (χ1) is 18.6. The van der Waals surface area contributed by atoms with Gasteiger partial charge < -0.3 is 15.3 Å². The molecule has 2 aromatic heterocycles. The molecule has 1 unspecified atom stereocenters. The van der Waals surface area contributed by atoms with E-state index < -0.39 is 0 Å². The number of hydrogen-bond donors (Lipinski definition) is 3. The lowest BCUT2D eigenvalue weighted by Crippen LogP contribution is -2.27. The highest BCUT2D eigenvalue weighted by Crippen LogP contribution is 2.52. The van der Waals surface area contributed by atoms with E-state index in [2.05, 4.69) is 51.5 Å². The Balaban J connectivity index is 1.18. The number of aromatic amines is 2. The largest absolute Gasteiger partial charge is 0.348 e. The Morgan fingerprint density at radius 1 is 0.947 bits per heavy atom. The maximum Gasteiger partial charge on any atom is 0.124 e. The number of aryl methyl sites for hydroxylation is 1. The van der Waals surface area contributed by atoms with Gasteiger partial charge in [-0.05, 0) is 109 Å². The summed E-state index contributed by atoms with van der Waals surface area (Å²) in [4.78, 5) is 16.7. The maximum atomic E-state index is 5.09.